The molecule has 0 aliphatic rings. The summed E-state index contributed by atoms with van der Waals surface area (Å²) in [4.78, 5) is 26.5. The third kappa shape index (κ3) is 3.18. The summed E-state index contributed by atoms with van der Waals surface area (Å²) in [5.74, 6) is -0.864. The van der Waals surface area contributed by atoms with Crippen LogP contribution in [-0.4, -0.2) is 36.3 Å². The number of hydrogen-bond acceptors (Lipinski definition) is 4. The maximum Gasteiger partial charge on any atom is 0.352 e. The summed E-state index contributed by atoms with van der Waals surface area (Å²) in [5.41, 5.74) is 0.0751. The summed E-state index contributed by atoms with van der Waals surface area (Å²) < 4.78 is 2.90. The van der Waals surface area contributed by atoms with Gasteiger partial charge in [0.1, 0.15) is 18.6 Å². The standard InChI is InChI=1S/C11H13N5O3/c1-15-7-13-9(14-15)5-12-10(17)6-16-4-2-3-8(16)11(18)19/h2-4,7H,5-6H2,1H3,(H,12,17)(H,18,19). The van der Waals surface area contributed by atoms with Crippen LogP contribution in [0.1, 0.15) is 16.3 Å². The van der Waals surface area contributed by atoms with Crippen molar-refractivity contribution in [3.8, 4) is 0 Å². The van der Waals surface area contributed by atoms with Crippen LogP contribution in [0.25, 0.3) is 0 Å². The molecule has 8 nitrogen and oxygen atoms in total. The van der Waals surface area contributed by atoms with Crippen molar-refractivity contribution in [1.29, 1.82) is 0 Å². The van der Waals surface area contributed by atoms with E-state index in [1.807, 2.05) is 0 Å². The van der Waals surface area contributed by atoms with Crippen molar-refractivity contribution in [3.05, 3.63) is 36.2 Å². The SMILES string of the molecule is Cn1cnc(CNC(=O)Cn2cccc2C(=O)O)n1. The van der Waals surface area contributed by atoms with Crippen LogP contribution < -0.4 is 5.32 Å². The summed E-state index contributed by atoms with van der Waals surface area (Å²) in [5, 5.41) is 15.5. The maximum atomic E-state index is 11.7. The lowest BCUT2D eigenvalue weighted by molar-refractivity contribution is -0.121. The number of amides is 1. The van der Waals surface area contributed by atoms with Crippen molar-refractivity contribution in [2.45, 2.75) is 13.1 Å². The second-order valence-electron chi connectivity index (χ2n) is 3.94. The van der Waals surface area contributed by atoms with Gasteiger partial charge in [0.2, 0.25) is 5.91 Å². The van der Waals surface area contributed by atoms with Crippen LogP contribution in [0.3, 0.4) is 0 Å². The van der Waals surface area contributed by atoms with E-state index < -0.39 is 5.97 Å². The lowest BCUT2D eigenvalue weighted by Crippen LogP contribution is -2.28. The minimum atomic E-state index is -1.07. The number of rotatable bonds is 5. The van der Waals surface area contributed by atoms with Crippen molar-refractivity contribution >= 4 is 11.9 Å². The first-order valence-electron chi connectivity index (χ1n) is 5.56. The Kier molecular flexibility index (Phi) is 3.60. The van der Waals surface area contributed by atoms with Crippen molar-refractivity contribution in [2.75, 3.05) is 0 Å². The molecule has 19 heavy (non-hydrogen) atoms. The number of aromatic nitrogens is 4. The summed E-state index contributed by atoms with van der Waals surface area (Å²) in [6, 6.07) is 3.02. The van der Waals surface area contributed by atoms with Gasteiger partial charge in [-0.25, -0.2) is 9.78 Å². The van der Waals surface area contributed by atoms with E-state index >= 15 is 0 Å². The summed E-state index contributed by atoms with van der Waals surface area (Å²) in [6.07, 6.45) is 3.08. The van der Waals surface area contributed by atoms with E-state index in [2.05, 4.69) is 15.4 Å². The molecule has 2 N–H and O–H groups in total. The molecule has 0 fully saturated rings. The number of carboxylic acids is 1. The number of nitrogens with zero attached hydrogens (tertiary/aromatic N) is 4. The first-order chi connectivity index (χ1) is 9.06. The van der Waals surface area contributed by atoms with Crippen molar-refractivity contribution < 1.29 is 14.7 Å². The van der Waals surface area contributed by atoms with Gasteiger partial charge in [-0.2, -0.15) is 5.10 Å². The highest BCUT2D eigenvalue weighted by atomic mass is 16.4. The molecule has 0 bridgehead atoms. The Balaban J connectivity index is 1.90. The summed E-state index contributed by atoms with van der Waals surface area (Å²) in [7, 11) is 1.73. The molecule has 2 rings (SSSR count). The fourth-order valence-corrected chi connectivity index (χ4v) is 1.60. The fraction of sp³-hybridized carbons (Fsp3) is 0.273. The molecule has 1 amide bonds. The highest BCUT2D eigenvalue weighted by Gasteiger charge is 2.11. The third-order valence-corrected chi connectivity index (χ3v) is 2.45. The molecule has 0 saturated carbocycles. The largest absolute Gasteiger partial charge is 0.477 e. The second kappa shape index (κ2) is 5.34. The number of carboxylic acid groups (broad SMARTS) is 1. The van der Waals surface area contributed by atoms with Gasteiger partial charge in [-0.15, -0.1) is 0 Å². The highest BCUT2D eigenvalue weighted by Crippen LogP contribution is 2.02. The van der Waals surface area contributed by atoms with Gasteiger partial charge in [-0.1, -0.05) is 0 Å². The molecule has 0 saturated heterocycles. The van der Waals surface area contributed by atoms with Gasteiger partial charge < -0.3 is 15.0 Å². The van der Waals surface area contributed by atoms with Gasteiger partial charge in [0.15, 0.2) is 5.82 Å². The van der Waals surface area contributed by atoms with Crippen LogP contribution in [0.5, 0.6) is 0 Å². The Hall–Kier alpha value is -2.64. The minimum Gasteiger partial charge on any atom is -0.477 e. The number of carbonyl (C=O) groups excluding carboxylic acids is 1. The van der Waals surface area contributed by atoms with Crippen LogP contribution in [-0.2, 0) is 24.9 Å². The zero-order chi connectivity index (χ0) is 13.8. The Bertz CT molecular complexity index is 601. The second-order valence-corrected chi connectivity index (χ2v) is 3.94. The Morgan fingerprint density at radius 2 is 2.26 bits per heavy atom. The van der Waals surface area contributed by atoms with E-state index in [4.69, 9.17) is 5.11 Å². The van der Waals surface area contributed by atoms with E-state index in [-0.39, 0.29) is 24.7 Å². The highest BCUT2D eigenvalue weighted by molar-refractivity contribution is 5.86. The summed E-state index contributed by atoms with van der Waals surface area (Å²) in [6.45, 7) is 0.158. The number of hydrogen-bond donors (Lipinski definition) is 2. The maximum absolute atomic E-state index is 11.7. The molecule has 0 atom stereocenters. The first-order valence-corrected chi connectivity index (χ1v) is 5.56. The predicted molar refractivity (Wildman–Crippen MR) is 64.2 cm³/mol. The van der Waals surface area contributed by atoms with Crippen LogP contribution in [0, 0.1) is 0 Å². The molecule has 2 heterocycles. The number of carbonyl (C=O) groups is 2. The Morgan fingerprint density at radius 3 is 2.89 bits per heavy atom. The molecule has 0 aromatic carbocycles. The van der Waals surface area contributed by atoms with E-state index in [0.717, 1.165) is 0 Å². The average Bonchev–Trinajstić information content (AvgIpc) is 2.95. The molecule has 0 spiro atoms. The predicted octanol–water partition coefficient (Wildman–Crippen LogP) is -0.369. The first kappa shape index (κ1) is 12.8. The van der Waals surface area contributed by atoms with Gasteiger partial charge in [0.25, 0.3) is 0 Å². The molecular weight excluding hydrogens is 250 g/mol. The van der Waals surface area contributed by atoms with Gasteiger partial charge in [-0.05, 0) is 12.1 Å². The molecule has 0 unspecified atom stereocenters. The van der Waals surface area contributed by atoms with E-state index in [1.165, 1.54) is 21.6 Å². The molecule has 0 radical (unpaired) electrons. The van der Waals surface area contributed by atoms with E-state index in [0.29, 0.717) is 5.82 Å². The third-order valence-electron chi connectivity index (χ3n) is 2.45. The Labute approximate surface area is 108 Å². The molecule has 8 heteroatoms. The fourth-order valence-electron chi connectivity index (χ4n) is 1.60. The normalized spacial score (nSPS) is 10.4. The summed E-state index contributed by atoms with van der Waals surface area (Å²) >= 11 is 0. The van der Waals surface area contributed by atoms with Crippen molar-refractivity contribution in [3.63, 3.8) is 0 Å². The van der Waals surface area contributed by atoms with Gasteiger partial charge in [-0.3, -0.25) is 9.48 Å². The lowest BCUT2D eigenvalue weighted by atomic mass is 10.4. The molecule has 0 aliphatic carbocycles. The average molecular weight is 263 g/mol. The van der Waals surface area contributed by atoms with E-state index in [9.17, 15) is 9.59 Å². The topological polar surface area (TPSA) is 102 Å². The smallest absolute Gasteiger partial charge is 0.352 e. The molecule has 2 aromatic rings. The monoisotopic (exact) mass is 263 g/mol. The van der Waals surface area contributed by atoms with Crippen LogP contribution >= 0.6 is 0 Å². The number of nitrogens with one attached hydrogen (secondary N) is 1. The Morgan fingerprint density at radius 1 is 1.47 bits per heavy atom. The molecule has 0 aliphatic heterocycles. The van der Waals surface area contributed by atoms with Gasteiger partial charge in [0, 0.05) is 13.2 Å². The minimum absolute atomic E-state index is 0.0541. The zero-order valence-electron chi connectivity index (χ0n) is 10.3. The zero-order valence-corrected chi connectivity index (χ0v) is 10.3. The molecular formula is C11H13N5O3. The number of aromatic carboxylic acids is 1. The van der Waals surface area contributed by atoms with Crippen LogP contribution in [0.4, 0.5) is 0 Å². The lowest BCUT2D eigenvalue weighted by Gasteiger charge is -2.06. The van der Waals surface area contributed by atoms with Crippen molar-refractivity contribution in [2.24, 2.45) is 7.05 Å². The van der Waals surface area contributed by atoms with Crippen LogP contribution in [0.15, 0.2) is 24.7 Å². The van der Waals surface area contributed by atoms with Crippen LogP contribution in [0.2, 0.25) is 0 Å². The molecule has 2 aromatic heterocycles. The van der Waals surface area contributed by atoms with E-state index in [1.54, 1.807) is 19.3 Å². The van der Waals surface area contributed by atoms with Crippen molar-refractivity contribution in [1.82, 2.24) is 24.6 Å². The quantitative estimate of drug-likeness (QED) is 0.766. The molecule has 100 valence electrons. The van der Waals surface area contributed by atoms with Gasteiger partial charge >= 0.3 is 5.97 Å². The number of aryl methyl sites for hydroxylation is 1. The van der Waals surface area contributed by atoms with Gasteiger partial charge in [0.05, 0.1) is 6.54 Å².